The van der Waals surface area contributed by atoms with Crippen molar-refractivity contribution in [3.8, 4) is 5.88 Å². The van der Waals surface area contributed by atoms with Crippen molar-refractivity contribution < 1.29 is 4.74 Å². The molecule has 3 saturated carbocycles. The summed E-state index contributed by atoms with van der Waals surface area (Å²) < 4.78 is 5.90. The quantitative estimate of drug-likeness (QED) is 0.912. The second-order valence-corrected chi connectivity index (χ2v) is 6.32. The monoisotopic (exact) mass is 276 g/mol. The molecular weight excluding hydrogens is 248 g/mol. The molecule has 4 rings (SSSR count). The van der Waals surface area contributed by atoms with Crippen LogP contribution in [0, 0.1) is 12.3 Å². The van der Waals surface area contributed by atoms with Gasteiger partial charge in [0.2, 0.25) is 5.88 Å². The zero-order chi connectivity index (χ0) is 14.6. The summed E-state index contributed by atoms with van der Waals surface area (Å²) >= 11 is 0. The second-order valence-electron chi connectivity index (χ2n) is 6.32. The summed E-state index contributed by atoms with van der Waals surface area (Å²) in [5.41, 5.74) is 8.01. The van der Waals surface area contributed by atoms with Gasteiger partial charge in [-0.2, -0.15) is 0 Å². The molecule has 0 amide bonds. The van der Waals surface area contributed by atoms with Gasteiger partial charge in [-0.15, -0.1) is 0 Å². The zero-order valence-electron chi connectivity index (χ0n) is 13.1. The highest BCUT2D eigenvalue weighted by Gasteiger charge is 2.47. The van der Waals surface area contributed by atoms with Gasteiger partial charge >= 0.3 is 0 Å². The fourth-order valence-electron chi connectivity index (χ4n) is 3.28. The van der Waals surface area contributed by atoms with E-state index in [2.05, 4.69) is 4.98 Å². The third-order valence-corrected chi connectivity index (χ3v) is 4.87. The molecule has 1 heterocycles. The van der Waals surface area contributed by atoms with Crippen molar-refractivity contribution in [2.45, 2.75) is 64.8 Å². The van der Waals surface area contributed by atoms with E-state index in [1.807, 2.05) is 39.1 Å². The van der Waals surface area contributed by atoms with Crippen molar-refractivity contribution in [1.82, 2.24) is 4.98 Å². The van der Waals surface area contributed by atoms with Gasteiger partial charge in [0, 0.05) is 23.2 Å². The van der Waals surface area contributed by atoms with Gasteiger partial charge in [-0.25, -0.2) is 4.98 Å². The third-order valence-electron chi connectivity index (χ3n) is 4.87. The van der Waals surface area contributed by atoms with Gasteiger partial charge in [0.15, 0.2) is 0 Å². The van der Waals surface area contributed by atoms with Crippen molar-refractivity contribution in [3.05, 3.63) is 23.9 Å². The van der Waals surface area contributed by atoms with Crippen molar-refractivity contribution in [3.63, 3.8) is 0 Å². The summed E-state index contributed by atoms with van der Waals surface area (Å²) in [6.07, 6.45) is 9.01. The van der Waals surface area contributed by atoms with Gasteiger partial charge in [0.05, 0.1) is 6.61 Å². The van der Waals surface area contributed by atoms with Gasteiger partial charge in [-0.05, 0) is 51.0 Å². The first-order valence-electron chi connectivity index (χ1n) is 7.94. The normalized spacial score (nSPS) is 31.4. The lowest BCUT2D eigenvalue weighted by Crippen LogP contribution is -2.53. The number of nitrogens with two attached hydrogens (primary N) is 1. The van der Waals surface area contributed by atoms with E-state index in [-0.39, 0.29) is 5.54 Å². The number of aryl methyl sites for hydroxylation is 1. The first-order valence-corrected chi connectivity index (χ1v) is 7.94. The van der Waals surface area contributed by atoms with Crippen LogP contribution < -0.4 is 10.5 Å². The van der Waals surface area contributed by atoms with Crippen LogP contribution in [-0.2, 0) is 0 Å². The Morgan fingerprint density at radius 2 is 1.70 bits per heavy atom. The van der Waals surface area contributed by atoms with E-state index in [0.717, 1.165) is 31.7 Å². The van der Waals surface area contributed by atoms with Crippen LogP contribution in [0.25, 0.3) is 0 Å². The van der Waals surface area contributed by atoms with Crippen molar-refractivity contribution in [2.24, 2.45) is 11.1 Å². The molecule has 1 aromatic heterocycles. The van der Waals surface area contributed by atoms with Crippen LogP contribution in [0.1, 0.15) is 57.9 Å². The number of pyridine rings is 1. The summed E-state index contributed by atoms with van der Waals surface area (Å²) in [5, 5.41) is 0. The Morgan fingerprint density at radius 3 is 2.20 bits per heavy atom. The molecule has 0 aliphatic heterocycles. The van der Waals surface area contributed by atoms with E-state index in [0.29, 0.717) is 5.41 Å². The Hall–Kier alpha value is -1.09. The van der Waals surface area contributed by atoms with Gasteiger partial charge in [0.1, 0.15) is 0 Å². The number of rotatable bonds is 3. The van der Waals surface area contributed by atoms with Crippen LogP contribution in [0.5, 0.6) is 5.88 Å². The molecule has 3 fully saturated rings. The minimum absolute atomic E-state index is 0.143. The summed E-state index contributed by atoms with van der Waals surface area (Å²) in [6.45, 7) is 6.84. The minimum Gasteiger partial charge on any atom is -0.477 e. The number of aromatic nitrogens is 1. The van der Waals surface area contributed by atoms with Crippen LogP contribution in [0.15, 0.2) is 18.3 Å². The molecule has 0 radical (unpaired) electrons. The molecule has 3 aliphatic rings. The fourth-order valence-corrected chi connectivity index (χ4v) is 3.28. The third kappa shape index (κ3) is 3.32. The molecule has 20 heavy (non-hydrogen) atoms. The van der Waals surface area contributed by atoms with Crippen LogP contribution in [-0.4, -0.2) is 17.1 Å². The Morgan fingerprint density at radius 1 is 1.10 bits per heavy atom. The fraction of sp³-hybridized carbons (Fsp3) is 0.706. The maximum absolute atomic E-state index is 6.33. The maximum Gasteiger partial charge on any atom is 0.213 e. The molecule has 0 unspecified atom stereocenters. The first kappa shape index (κ1) is 15.3. The average molecular weight is 276 g/mol. The molecule has 0 atom stereocenters. The van der Waals surface area contributed by atoms with Crippen LogP contribution in [0.4, 0.5) is 0 Å². The molecule has 3 heteroatoms. The van der Waals surface area contributed by atoms with Gasteiger partial charge in [-0.1, -0.05) is 19.9 Å². The summed E-state index contributed by atoms with van der Waals surface area (Å²) in [6, 6.07) is 4.01. The predicted molar refractivity (Wildman–Crippen MR) is 82.9 cm³/mol. The van der Waals surface area contributed by atoms with Crippen molar-refractivity contribution >= 4 is 0 Å². The molecule has 0 saturated heterocycles. The number of ether oxygens (including phenoxy) is 1. The zero-order valence-corrected chi connectivity index (χ0v) is 13.1. The lowest BCUT2D eigenvalue weighted by Gasteiger charge is -2.51. The highest BCUT2D eigenvalue weighted by molar-refractivity contribution is 5.16. The molecule has 1 aromatic rings. The number of hydrogen-bond donors (Lipinski definition) is 1. The van der Waals surface area contributed by atoms with E-state index in [4.69, 9.17) is 10.5 Å². The summed E-state index contributed by atoms with van der Waals surface area (Å²) in [7, 11) is 0. The lowest BCUT2D eigenvalue weighted by molar-refractivity contribution is 0.00407. The molecule has 0 aromatic carbocycles. The van der Waals surface area contributed by atoms with Crippen LogP contribution in [0.2, 0.25) is 0 Å². The Labute approximate surface area is 122 Å². The van der Waals surface area contributed by atoms with E-state index < -0.39 is 0 Å². The van der Waals surface area contributed by atoms with E-state index in [1.54, 1.807) is 0 Å². The Kier molecular flexibility index (Phi) is 4.69. The predicted octanol–water partition coefficient (Wildman–Crippen LogP) is 3.85. The Bertz CT molecular complexity index is 403. The minimum atomic E-state index is 0.143. The van der Waals surface area contributed by atoms with E-state index in [9.17, 15) is 0 Å². The molecule has 3 aliphatic carbocycles. The average Bonchev–Trinajstić information content (AvgIpc) is 2.50. The van der Waals surface area contributed by atoms with E-state index >= 15 is 0 Å². The summed E-state index contributed by atoms with van der Waals surface area (Å²) in [4.78, 5) is 4.31. The topological polar surface area (TPSA) is 48.1 Å². The molecule has 2 bridgehead atoms. The number of hydrogen-bond acceptors (Lipinski definition) is 3. The number of nitrogens with zero attached hydrogens (tertiary/aromatic N) is 1. The standard InChI is InChI=1S/C15H22N2O.C2H6/c1-12-2-3-13(17-10-12)18-11-14-4-7-15(16,8-5-14)9-6-14;1-2/h2-3,10H,4-9,11,16H2,1H3;1-2H3. The smallest absolute Gasteiger partial charge is 0.213 e. The first-order chi connectivity index (χ1) is 9.59. The highest BCUT2D eigenvalue weighted by Crippen LogP contribution is 2.51. The largest absolute Gasteiger partial charge is 0.477 e. The molecule has 112 valence electrons. The van der Waals surface area contributed by atoms with Gasteiger partial charge in [-0.3, -0.25) is 0 Å². The van der Waals surface area contributed by atoms with E-state index in [1.165, 1.54) is 24.8 Å². The van der Waals surface area contributed by atoms with Gasteiger partial charge in [0.25, 0.3) is 0 Å². The number of fused-ring (bicyclic) bond motifs is 3. The van der Waals surface area contributed by atoms with Crippen LogP contribution in [0.3, 0.4) is 0 Å². The lowest BCUT2D eigenvalue weighted by atomic mass is 9.58. The van der Waals surface area contributed by atoms with Crippen LogP contribution >= 0.6 is 0 Å². The molecule has 0 spiro atoms. The second kappa shape index (κ2) is 6.13. The van der Waals surface area contributed by atoms with Crippen molar-refractivity contribution in [2.75, 3.05) is 6.61 Å². The Balaban J connectivity index is 0.000000704. The summed E-state index contributed by atoms with van der Waals surface area (Å²) in [5.74, 6) is 0.755. The van der Waals surface area contributed by atoms with Crippen molar-refractivity contribution in [1.29, 1.82) is 0 Å². The molecule has 2 N–H and O–H groups in total. The van der Waals surface area contributed by atoms with Gasteiger partial charge < -0.3 is 10.5 Å². The highest BCUT2D eigenvalue weighted by atomic mass is 16.5. The SMILES string of the molecule is CC.Cc1ccc(OCC23CCC(N)(CC2)CC3)nc1. The maximum atomic E-state index is 6.33. The molecule has 3 nitrogen and oxygen atoms in total. The molecular formula is C17H28N2O.